The number of carbonyl (C=O) groups is 1. The van der Waals surface area contributed by atoms with Crippen LogP contribution < -0.4 is 16.0 Å². The second-order valence-electron chi connectivity index (χ2n) is 11.4. The van der Waals surface area contributed by atoms with Crippen molar-refractivity contribution in [2.45, 2.75) is 70.2 Å². The molecule has 0 radical (unpaired) electrons. The highest BCUT2D eigenvalue weighted by Gasteiger charge is 2.35. The number of ether oxygens (including phenoxy) is 1. The van der Waals surface area contributed by atoms with Crippen molar-refractivity contribution >= 4 is 23.0 Å². The Balaban J connectivity index is 1.19. The number of piperazine rings is 1. The van der Waals surface area contributed by atoms with Gasteiger partial charge < -0.3 is 25.6 Å². The number of alkyl halides is 3. The van der Waals surface area contributed by atoms with Crippen LogP contribution in [0.1, 0.15) is 57.6 Å². The minimum Gasteiger partial charge on any atom is -0.399 e. The van der Waals surface area contributed by atoms with Crippen molar-refractivity contribution in [2.24, 2.45) is 0 Å². The Bertz CT molecular complexity index is 1080. The summed E-state index contributed by atoms with van der Waals surface area (Å²) in [6, 6.07) is 12.4. The molecule has 4 rings (SSSR count). The summed E-state index contributed by atoms with van der Waals surface area (Å²) in [5, 5.41) is 3.04. The molecule has 1 saturated carbocycles. The molecule has 0 unspecified atom stereocenters. The quantitative estimate of drug-likeness (QED) is 0.469. The van der Waals surface area contributed by atoms with Gasteiger partial charge in [-0.15, -0.1) is 0 Å². The molecule has 9 heteroatoms. The molecule has 2 aromatic carbocycles. The highest BCUT2D eigenvalue weighted by atomic mass is 19.4. The molecule has 6 nitrogen and oxygen atoms in total. The van der Waals surface area contributed by atoms with E-state index in [2.05, 4.69) is 55.3 Å². The normalized spacial score (nSPS) is 20.9. The minimum absolute atomic E-state index is 0.00956. The molecule has 1 aliphatic carbocycles. The van der Waals surface area contributed by atoms with E-state index in [9.17, 15) is 18.0 Å². The Morgan fingerprint density at radius 1 is 0.974 bits per heavy atom. The zero-order valence-corrected chi connectivity index (χ0v) is 22.5. The van der Waals surface area contributed by atoms with E-state index >= 15 is 0 Å². The van der Waals surface area contributed by atoms with Crippen molar-refractivity contribution in [3.05, 3.63) is 53.6 Å². The van der Waals surface area contributed by atoms with Crippen molar-refractivity contribution in [3.8, 4) is 0 Å². The van der Waals surface area contributed by atoms with Gasteiger partial charge in [-0.05, 0) is 67.0 Å². The van der Waals surface area contributed by atoms with Gasteiger partial charge in [-0.3, -0.25) is 4.79 Å². The predicted octanol–water partition coefficient (Wildman–Crippen LogP) is 5.67. The van der Waals surface area contributed by atoms with Crippen LogP contribution in [0.2, 0.25) is 0 Å². The molecule has 1 heterocycles. The van der Waals surface area contributed by atoms with E-state index < -0.39 is 11.7 Å². The Morgan fingerprint density at radius 3 is 2.18 bits per heavy atom. The lowest BCUT2D eigenvalue weighted by Gasteiger charge is -2.37. The van der Waals surface area contributed by atoms with Crippen LogP contribution in [-0.4, -0.2) is 55.7 Å². The van der Waals surface area contributed by atoms with E-state index in [4.69, 9.17) is 10.5 Å². The molecular weight excluding hydrogens is 493 g/mol. The Labute approximate surface area is 223 Å². The molecule has 208 valence electrons. The smallest absolute Gasteiger partial charge is 0.399 e. The molecule has 3 N–H and O–H groups in total. The molecule has 2 aliphatic rings. The number of benzene rings is 2. The number of nitrogens with one attached hydrogen (secondary N) is 1. The van der Waals surface area contributed by atoms with Crippen LogP contribution in [-0.2, 0) is 21.1 Å². The number of carbonyl (C=O) groups excluding carboxylic acids is 1. The van der Waals surface area contributed by atoms with Crippen molar-refractivity contribution < 1.29 is 22.7 Å². The van der Waals surface area contributed by atoms with Crippen LogP contribution in [0.3, 0.4) is 0 Å². The summed E-state index contributed by atoms with van der Waals surface area (Å²) in [5.74, 6) is -0.00956. The average molecular weight is 533 g/mol. The van der Waals surface area contributed by atoms with Crippen LogP contribution >= 0.6 is 0 Å². The summed E-state index contributed by atoms with van der Waals surface area (Å²) >= 11 is 0. The van der Waals surface area contributed by atoms with Crippen molar-refractivity contribution in [1.82, 2.24) is 4.90 Å². The molecular formula is C29H39F3N4O2. The maximum atomic E-state index is 13.4. The summed E-state index contributed by atoms with van der Waals surface area (Å²) in [5.41, 5.74) is 7.54. The van der Waals surface area contributed by atoms with E-state index in [0.717, 1.165) is 19.2 Å². The zero-order valence-electron chi connectivity index (χ0n) is 22.5. The van der Waals surface area contributed by atoms with Gasteiger partial charge >= 0.3 is 6.18 Å². The average Bonchev–Trinajstić information content (AvgIpc) is 2.88. The third-order valence-corrected chi connectivity index (χ3v) is 7.56. The third kappa shape index (κ3) is 7.12. The lowest BCUT2D eigenvalue weighted by atomic mass is 9.87. The van der Waals surface area contributed by atoms with Gasteiger partial charge in [0, 0.05) is 49.3 Å². The predicted molar refractivity (Wildman–Crippen MR) is 145 cm³/mol. The van der Waals surface area contributed by atoms with Gasteiger partial charge in [0.15, 0.2) is 0 Å². The topological polar surface area (TPSA) is 70.8 Å². The fourth-order valence-corrected chi connectivity index (χ4v) is 5.18. The van der Waals surface area contributed by atoms with E-state index in [0.29, 0.717) is 38.8 Å². The monoisotopic (exact) mass is 532 g/mol. The number of amides is 1. The molecule has 0 bridgehead atoms. The van der Waals surface area contributed by atoms with Gasteiger partial charge in [0.2, 0.25) is 5.91 Å². The molecule has 2 fully saturated rings. The molecule has 1 saturated heterocycles. The Kier molecular flexibility index (Phi) is 8.45. The Morgan fingerprint density at radius 2 is 1.61 bits per heavy atom. The van der Waals surface area contributed by atoms with Crippen molar-refractivity contribution in [2.75, 3.05) is 48.7 Å². The summed E-state index contributed by atoms with van der Waals surface area (Å²) in [6.07, 6.45) is -1.80. The standard InChI is InChI=1S/C29H39F3N4O2/c1-28(2,3)20-4-9-23(10-5-20)35-14-16-36(17-15-35)27(37)19-38-24-11-7-22(8-12-24)34-26-13-6-21(33)18-25(26)29(30,31)32/h4-6,9-10,13,18,22,24,34H,7-8,11-12,14-17,19,33H2,1-3H3. The highest BCUT2D eigenvalue weighted by molar-refractivity contribution is 5.77. The van der Waals surface area contributed by atoms with Crippen molar-refractivity contribution in [1.29, 1.82) is 0 Å². The highest BCUT2D eigenvalue weighted by Crippen LogP contribution is 2.37. The maximum absolute atomic E-state index is 13.4. The van der Waals surface area contributed by atoms with E-state index in [-0.39, 0.29) is 41.4 Å². The number of rotatable bonds is 6. The summed E-state index contributed by atoms with van der Waals surface area (Å²) < 4.78 is 46.1. The van der Waals surface area contributed by atoms with Gasteiger partial charge in [-0.1, -0.05) is 32.9 Å². The summed E-state index contributed by atoms with van der Waals surface area (Å²) in [4.78, 5) is 16.9. The lowest BCUT2D eigenvalue weighted by molar-refractivity contribution is -0.139. The lowest BCUT2D eigenvalue weighted by Crippen LogP contribution is -2.50. The number of nitrogens with two attached hydrogens (primary N) is 1. The van der Waals surface area contributed by atoms with Gasteiger partial charge in [0.1, 0.15) is 6.61 Å². The van der Waals surface area contributed by atoms with Gasteiger partial charge in [0.05, 0.1) is 11.7 Å². The zero-order chi connectivity index (χ0) is 27.5. The molecule has 1 aliphatic heterocycles. The van der Waals surface area contributed by atoms with Crippen LogP contribution in [0.15, 0.2) is 42.5 Å². The first-order chi connectivity index (χ1) is 17.9. The minimum atomic E-state index is -4.47. The second-order valence-corrected chi connectivity index (χ2v) is 11.4. The van der Waals surface area contributed by atoms with E-state index in [1.54, 1.807) is 0 Å². The number of nitrogens with zero attached hydrogens (tertiary/aromatic N) is 2. The molecule has 0 aromatic heterocycles. The molecule has 1 amide bonds. The second kappa shape index (κ2) is 11.4. The molecule has 0 atom stereocenters. The van der Waals surface area contributed by atoms with E-state index in [1.807, 2.05) is 4.90 Å². The number of halogens is 3. The summed E-state index contributed by atoms with van der Waals surface area (Å²) in [6.45, 7) is 9.51. The molecule has 0 spiro atoms. The van der Waals surface area contributed by atoms with Crippen LogP contribution in [0.25, 0.3) is 0 Å². The maximum Gasteiger partial charge on any atom is 0.418 e. The van der Waals surface area contributed by atoms with Crippen molar-refractivity contribution in [3.63, 3.8) is 0 Å². The van der Waals surface area contributed by atoms with Gasteiger partial charge in [-0.25, -0.2) is 0 Å². The number of hydrogen-bond donors (Lipinski definition) is 2. The number of anilines is 3. The van der Waals surface area contributed by atoms with Crippen LogP contribution in [0.5, 0.6) is 0 Å². The summed E-state index contributed by atoms with van der Waals surface area (Å²) in [7, 11) is 0. The Hall–Kier alpha value is -2.94. The largest absolute Gasteiger partial charge is 0.418 e. The fourth-order valence-electron chi connectivity index (χ4n) is 5.18. The first-order valence-corrected chi connectivity index (χ1v) is 13.4. The molecule has 38 heavy (non-hydrogen) atoms. The number of nitrogen functional groups attached to an aromatic ring is 1. The van der Waals surface area contributed by atoms with Gasteiger partial charge in [0.25, 0.3) is 0 Å². The number of hydrogen-bond acceptors (Lipinski definition) is 5. The molecule has 2 aromatic rings. The van der Waals surface area contributed by atoms with E-state index in [1.165, 1.54) is 23.4 Å². The first-order valence-electron chi connectivity index (χ1n) is 13.4. The first kappa shape index (κ1) is 28.1. The third-order valence-electron chi connectivity index (χ3n) is 7.56. The fraction of sp³-hybridized carbons (Fsp3) is 0.552. The van der Waals surface area contributed by atoms with Crippen LogP contribution in [0, 0.1) is 0 Å². The van der Waals surface area contributed by atoms with Crippen LogP contribution in [0.4, 0.5) is 30.2 Å². The van der Waals surface area contributed by atoms with Gasteiger partial charge in [-0.2, -0.15) is 13.2 Å². The SMILES string of the molecule is CC(C)(C)c1ccc(N2CCN(C(=O)COC3CCC(Nc4ccc(N)cc4C(F)(F)F)CC3)CC2)cc1.